The molecule has 0 fully saturated rings. The van der Waals surface area contributed by atoms with Crippen LogP contribution in [0, 0.1) is 0 Å². The van der Waals surface area contributed by atoms with E-state index in [-0.39, 0.29) is 39.1 Å². The first-order valence-corrected chi connectivity index (χ1v) is 11.2. The number of hydrogen-bond donors (Lipinski definition) is 1. The first-order chi connectivity index (χ1) is 15.0. The normalized spacial score (nSPS) is 11.4. The molecule has 0 unspecified atom stereocenters. The molecule has 2 aromatic carbocycles. The van der Waals surface area contributed by atoms with Gasteiger partial charge in [0.2, 0.25) is 0 Å². The largest absolute Gasteiger partial charge is 0.496 e. The summed E-state index contributed by atoms with van der Waals surface area (Å²) < 4.78 is 48.0. The lowest BCUT2D eigenvalue weighted by Crippen LogP contribution is -2.39. The molecule has 0 radical (unpaired) electrons. The molecule has 32 heavy (non-hydrogen) atoms. The average molecular weight is 468 g/mol. The number of carboxylic acid groups (broad SMARTS) is 1. The lowest BCUT2D eigenvalue weighted by atomic mass is 9.94. The summed E-state index contributed by atoms with van der Waals surface area (Å²) in [6.07, 6.45) is -1.79. The van der Waals surface area contributed by atoms with Gasteiger partial charge in [-0.2, -0.15) is 8.42 Å². The summed E-state index contributed by atoms with van der Waals surface area (Å²) in [4.78, 5) is 12.2. The third-order valence-corrected chi connectivity index (χ3v) is 5.96. The number of benzene rings is 2. The van der Waals surface area contributed by atoms with Gasteiger partial charge >= 0.3 is 16.4 Å². The van der Waals surface area contributed by atoms with Crippen molar-refractivity contribution in [3.8, 4) is 23.0 Å². The van der Waals surface area contributed by atoms with Crippen molar-refractivity contribution in [2.24, 2.45) is 0 Å². The molecule has 0 spiro atoms. The van der Waals surface area contributed by atoms with E-state index in [1.807, 2.05) is 33.8 Å². The van der Waals surface area contributed by atoms with Crippen LogP contribution < -0.4 is 22.7 Å². The summed E-state index contributed by atoms with van der Waals surface area (Å²) in [5, 5.41) is 9.89. The highest BCUT2D eigenvalue weighted by Gasteiger charge is 2.38. The SMILES string of the molecule is COc1cc(OC)c(N(C(=O)O)S(=O)(=O)Oc2c(C(C)C)cccc2C(C)C)c(OC)c1. The van der Waals surface area contributed by atoms with E-state index in [1.54, 1.807) is 12.1 Å². The topological polar surface area (TPSA) is 112 Å². The first-order valence-electron chi connectivity index (χ1n) is 9.88. The van der Waals surface area contributed by atoms with Crippen LogP contribution in [-0.4, -0.2) is 40.9 Å². The molecular formula is C22H29NO8S. The Labute approximate surface area is 188 Å². The van der Waals surface area contributed by atoms with Crippen molar-refractivity contribution in [3.63, 3.8) is 0 Å². The fourth-order valence-corrected chi connectivity index (χ4v) is 4.28. The molecule has 2 rings (SSSR count). The molecule has 0 aliphatic rings. The van der Waals surface area contributed by atoms with Gasteiger partial charge in [-0.1, -0.05) is 45.9 Å². The summed E-state index contributed by atoms with van der Waals surface area (Å²) in [7, 11) is -0.942. The van der Waals surface area contributed by atoms with Crippen LogP contribution in [-0.2, 0) is 10.3 Å². The fraction of sp³-hybridized carbons (Fsp3) is 0.409. The number of carbonyl (C=O) groups is 1. The second-order valence-corrected chi connectivity index (χ2v) is 8.93. The van der Waals surface area contributed by atoms with Gasteiger partial charge in [0, 0.05) is 12.1 Å². The summed E-state index contributed by atoms with van der Waals surface area (Å²) in [6.45, 7) is 7.57. The van der Waals surface area contributed by atoms with Gasteiger partial charge in [-0.25, -0.2) is 4.79 Å². The van der Waals surface area contributed by atoms with E-state index < -0.39 is 16.4 Å². The predicted octanol–water partition coefficient (Wildman–Crippen LogP) is 4.77. The van der Waals surface area contributed by atoms with Gasteiger partial charge < -0.3 is 23.5 Å². The van der Waals surface area contributed by atoms with Gasteiger partial charge in [0.25, 0.3) is 0 Å². The summed E-state index contributed by atoms with van der Waals surface area (Å²) in [5.41, 5.74) is 0.925. The van der Waals surface area contributed by atoms with Crippen molar-refractivity contribution in [2.75, 3.05) is 25.6 Å². The standard InChI is InChI=1S/C22H29NO8S/c1-13(2)16-9-8-10-17(14(3)4)21(16)31-32(26,27)23(22(24)25)20-18(29-6)11-15(28-5)12-19(20)30-7/h8-14H,1-7H3,(H,24,25). The Kier molecular flexibility index (Phi) is 7.84. The molecule has 10 heteroatoms. The summed E-state index contributed by atoms with van der Waals surface area (Å²) >= 11 is 0. The van der Waals surface area contributed by atoms with E-state index in [9.17, 15) is 18.3 Å². The van der Waals surface area contributed by atoms with Gasteiger partial charge in [0.15, 0.2) is 22.9 Å². The molecule has 1 N–H and O–H groups in total. The molecule has 2 aromatic rings. The molecule has 0 heterocycles. The smallest absolute Gasteiger partial charge is 0.428 e. The highest BCUT2D eigenvalue weighted by molar-refractivity contribution is 7.89. The average Bonchev–Trinajstić information content (AvgIpc) is 2.72. The second kappa shape index (κ2) is 9.99. The quantitative estimate of drug-likeness (QED) is 0.561. The van der Waals surface area contributed by atoms with Crippen LogP contribution in [0.4, 0.5) is 10.5 Å². The maximum Gasteiger partial charge on any atom is 0.428 e. The van der Waals surface area contributed by atoms with Crippen LogP contribution >= 0.6 is 0 Å². The zero-order chi connectivity index (χ0) is 24.2. The third-order valence-electron chi connectivity index (χ3n) is 4.80. The molecule has 0 saturated carbocycles. The van der Waals surface area contributed by atoms with Crippen LogP contribution in [0.25, 0.3) is 0 Å². The van der Waals surface area contributed by atoms with Crippen LogP contribution in [0.1, 0.15) is 50.7 Å². The molecule has 0 bridgehead atoms. The first kappa shape index (κ1) is 25.1. The summed E-state index contributed by atoms with van der Waals surface area (Å²) in [5.74, 6) is 0.0898. The zero-order valence-electron chi connectivity index (χ0n) is 19.2. The number of hydrogen-bond acceptors (Lipinski definition) is 7. The molecule has 0 atom stereocenters. The minimum absolute atomic E-state index is 0.0674. The second-order valence-electron chi connectivity index (χ2n) is 7.54. The number of anilines is 1. The van der Waals surface area contributed by atoms with Gasteiger partial charge in [-0.3, -0.25) is 0 Å². The third kappa shape index (κ3) is 5.01. The van der Waals surface area contributed by atoms with Crippen molar-refractivity contribution in [1.29, 1.82) is 0 Å². The van der Waals surface area contributed by atoms with Gasteiger partial charge in [0.1, 0.15) is 5.75 Å². The number of methoxy groups -OCH3 is 3. The molecule has 1 amide bonds. The Hall–Kier alpha value is -3.14. The monoisotopic (exact) mass is 467 g/mol. The molecule has 9 nitrogen and oxygen atoms in total. The number of amides is 1. The highest BCUT2D eigenvalue weighted by atomic mass is 32.2. The molecular weight excluding hydrogens is 438 g/mol. The van der Waals surface area contributed by atoms with Gasteiger partial charge in [-0.05, 0) is 23.0 Å². The van der Waals surface area contributed by atoms with Crippen molar-refractivity contribution in [3.05, 3.63) is 41.5 Å². The van der Waals surface area contributed by atoms with E-state index in [4.69, 9.17) is 18.4 Å². The Balaban J connectivity index is 2.74. The van der Waals surface area contributed by atoms with E-state index in [2.05, 4.69) is 0 Å². The minimum atomic E-state index is -4.89. The fourth-order valence-electron chi connectivity index (χ4n) is 3.21. The Morgan fingerprint density at radius 2 is 1.38 bits per heavy atom. The van der Waals surface area contributed by atoms with Gasteiger partial charge in [0.05, 0.1) is 21.3 Å². The maximum atomic E-state index is 13.4. The molecule has 176 valence electrons. The van der Waals surface area contributed by atoms with Crippen molar-refractivity contribution < 1.29 is 36.7 Å². The van der Waals surface area contributed by atoms with Crippen LogP contribution in [0.5, 0.6) is 23.0 Å². The highest BCUT2D eigenvalue weighted by Crippen LogP contribution is 2.44. The van der Waals surface area contributed by atoms with E-state index >= 15 is 0 Å². The predicted molar refractivity (Wildman–Crippen MR) is 121 cm³/mol. The van der Waals surface area contributed by atoms with Gasteiger partial charge in [-0.15, -0.1) is 4.31 Å². The Morgan fingerprint density at radius 1 is 0.906 bits per heavy atom. The molecule has 0 saturated heterocycles. The molecule has 0 aliphatic heterocycles. The van der Waals surface area contributed by atoms with Crippen LogP contribution in [0.2, 0.25) is 0 Å². The summed E-state index contributed by atoms with van der Waals surface area (Å²) in [6, 6.07) is 8.02. The molecule has 0 aliphatic carbocycles. The number of nitrogens with zero attached hydrogens (tertiary/aromatic N) is 1. The van der Waals surface area contributed by atoms with Crippen molar-refractivity contribution >= 4 is 22.1 Å². The zero-order valence-corrected chi connectivity index (χ0v) is 20.0. The van der Waals surface area contributed by atoms with Crippen LogP contribution in [0.15, 0.2) is 30.3 Å². The van der Waals surface area contributed by atoms with E-state index in [0.29, 0.717) is 16.9 Å². The van der Waals surface area contributed by atoms with Crippen molar-refractivity contribution in [2.45, 2.75) is 39.5 Å². The van der Waals surface area contributed by atoms with E-state index in [1.165, 1.54) is 33.5 Å². The lowest BCUT2D eigenvalue weighted by Gasteiger charge is -2.25. The number of rotatable bonds is 9. The lowest BCUT2D eigenvalue weighted by molar-refractivity contribution is 0.205. The molecule has 0 aromatic heterocycles. The van der Waals surface area contributed by atoms with E-state index in [0.717, 1.165) is 0 Å². The van der Waals surface area contributed by atoms with Crippen LogP contribution in [0.3, 0.4) is 0 Å². The van der Waals surface area contributed by atoms with Crippen molar-refractivity contribution in [1.82, 2.24) is 0 Å². The maximum absolute atomic E-state index is 13.4. The Bertz CT molecular complexity index is 1030. The number of para-hydroxylation sites is 1. The minimum Gasteiger partial charge on any atom is -0.496 e. The number of ether oxygens (including phenoxy) is 3. The Morgan fingerprint density at radius 3 is 1.72 bits per heavy atom.